The number of rotatable bonds is 2. The largest absolute Gasteiger partial charge is 0.478 e. The maximum Gasteiger partial charge on any atom is 0.336 e. The van der Waals surface area contributed by atoms with Gasteiger partial charge in [-0.25, -0.2) is 9.59 Å². The van der Waals surface area contributed by atoms with E-state index >= 15 is 0 Å². The number of aromatic carboxylic acids is 2. The van der Waals surface area contributed by atoms with Crippen molar-refractivity contribution in [1.82, 2.24) is 0 Å². The monoisotopic (exact) mass is 322 g/mol. The van der Waals surface area contributed by atoms with Gasteiger partial charge in [0.1, 0.15) is 0 Å². The van der Waals surface area contributed by atoms with E-state index in [-0.39, 0.29) is 0 Å². The summed E-state index contributed by atoms with van der Waals surface area (Å²) in [5, 5.41) is 16.9. The van der Waals surface area contributed by atoms with E-state index in [4.69, 9.17) is 10.2 Å². The molecule has 19 heavy (non-hydrogen) atoms. The Kier molecular flexibility index (Phi) is 5.75. The lowest BCUT2D eigenvalue weighted by Gasteiger charge is -1.94. The van der Waals surface area contributed by atoms with Gasteiger partial charge in [0.25, 0.3) is 0 Å². The summed E-state index contributed by atoms with van der Waals surface area (Å²) in [4.78, 5) is 20.6. The Morgan fingerprint density at radius 3 is 1.68 bits per heavy atom. The molecule has 0 amide bonds. The van der Waals surface area contributed by atoms with Crippen molar-refractivity contribution < 1.29 is 19.8 Å². The van der Waals surface area contributed by atoms with Crippen molar-refractivity contribution in [1.29, 1.82) is 0 Å². The summed E-state index contributed by atoms with van der Waals surface area (Å²) >= 11 is 3.12. The highest BCUT2D eigenvalue weighted by Gasteiger charge is 2.04. The number of carboxylic acids is 2. The lowest BCUT2D eigenvalue weighted by Crippen LogP contribution is -1.95. The maximum atomic E-state index is 10.4. The third kappa shape index (κ3) is 4.93. The SMILES string of the molecule is O=C(O)c1ccccc1.O=C(O)c1ccccc1Br. The highest BCUT2D eigenvalue weighted by molar-refractivity contribution is 9.10. The third-order valence-corrected chi connectivity index (χ3v) is 2.82. The van der Waals surface area contributed by atoms with Crippen LogP contribution < -0.4 is 0 Å². The Bertz CT molecular complexity index is 567. The van der Waals surface area contributed by atoms with Crippen LogP contribution in [-0.2, 0) is 0 Å². The van der Waals surface area contributed by atoms with Crippen molar-refractivity contribution in [2.45, 2.75) is 0 Å². The molecule has 0 aliphatic rings. The second-order valence-corrected chi connectivity index (χ2v) is 4.31. The Balaban J connectivity index is 0.000000191. The lowest BCUT2D eigenvalue weighted by atomic mass is 10.2. The molecule has 2 rings (SSSR count). The van der Waals surface area contributed by atoms with Gasteiger partial charge < -0.3 is 10.2 Å². The van der Waals surface area contributed by atoms with E-state index in [1.54, 1.807) is 54.6 Å². The first-order chi connectivity index (χ1) is 9.02. The van der Waals surface area contributed by atoms with E-state index in [2.05, 4.69) is 15.9 Å². The van der Waals surface area contributed by atoms with Crippen LogP contribution in [0.25, 0.3) is 0 Å². The summed E-state index contributed by atoms with van der Waals surface area (Å²) in [7, 11) is 0. The Hall–Kier alpha value is -2.14. The van der Waals surface area contributed by atoms with E-state index in [9.17, 15) is 9.59 Å². The minimum Gasteiger partial charge on any atom is -0.478 e. The molecule has 4 nitrogen and oxygen atoms in total. The normalized spacial score (nSPS) is 9.11. The molecule has 0 fully saturated rings. The molecule has 2 N–H and O–H groups in total. The van der Waals surface area contributed by atoms with Crippen LogP contribution in [0.4, 0.5) is 0 Å². The summed E-state index contributed by atoms with van der Waals surface area (Å²) in [5.74, 6) is -1.79. The fourth-order valence-corrected chi connectivity index (χ4v) is 1.67. The molecule has 0 saturated carbocycles. The molecule has 0 aromatic heterocycles. The highest BCUT2D eigenvalue weighted by atomic mass is 79.9. The van der Waals surface area contributed by atoms with E-state index in [1.165, 1.54) is 0 Å². The zero-order valence-electron chi connectivity index (χ0n) is 9.79. The number of hydrogen-bond donors (Lipinski definition) is 2. The van der Waals surface area contributed by atoms with Crippen LogP contribution in [0.2, 0.25) is 0 Å². The number of carboxylic acid groups (broad SMARTS) is 2. The molecule has 0 atom stereocenters. The Morgan fingerprint density at radius 1 is 0.789 bits per heavy atom. The number of carbonyl (C=O) groups is 2. The molecule has 2 aromatic carbocycles. The third-order valence-electron chi connectivity index (χ3n) is 2.13. The van der Waals surface area contributed by atoms with Gasteiger partial charge in [-0.3, -0.25) is 0 Å². The number of benzene rings is 2. The van der Waals surface area contributed by atoms with Gasteiger partial charge in [0.05, 0.1) is 11.1 Å². The van der Waals surface area contributed by atoms with Crippen molar-refractivity contribution in [2.24, 2.45) is 0 Å². The minimum atomic E-state index is -0.910. The predicted molar refractivity (Wildman–Crippen MR) is 74.5 cm³/mol. The fraction of sp³-hybridized carbons (Fsp3) is 0. The molecule has 98 valence electrons. The van der Waals surface area contributed by atoms with Crippen LogP contribution in [0.15, 0.2) is 59.1 Å². The van der Waals surface area contributed by atoms with Crippen molar-refractivity contribution in [3.63, 3.8) is 0 Å². The van der Waals surface area contributed by atoms with Gasteiger partial charge in [-0.2, -0.15) is 0 Å². The van der Waals surface area contributed by atoms with Crippen LogP contribution in [0.1, 0.15) is 20.7 Å². The van der Waals surface area contributed by atoms with Gasteiger partial charge in [-0.05, 0) is 40.2 Å². The zero-order chi connectivity index (χ0) is 14.3. The fourth-order valence-electron chi connectivity index (χ4n) is 1.22. The number of hydrogen-bond acceptors (Lipinski definition) is 2. The molecule has 0 saturated heterocycles. The standard InChI is InChI=1S/C7H5BrO2.C7H6O2/c8-6-4-2-1-3-5(6)7(9)10;8-7(9)6-4-2-1-3-5-6/h1-4H,(H,9,10);1-5H,(H,8,9). The molecular formula is C14H11BrO4. The van der Waals surface area contributed by atoms with Crippen LogP contribution in [0.3, 0.4) is 0 Å². The van der Waals surface area contributed by atoms with Gasteiger partial charge in [0.15, 0.2) is 0 Å². The van der Waals surface area contributed by atoms with Crippen molar-refractivity contribution in [3.05, 3.63) is 70.2 Å². The molecule has 0 heterocycles. The van der Waals surface area contributed by atoms with E-state index < -0.39 is 11.9 Å². The first-order valence-corrected chi connectivity index (χ1v) is 6.08. The van der Waals surface area contributed by atoms with Crippen molar-refractivity contribution in [2.75, 3.05) is 0 Å². The molecule has 0 radical (unpaired) electrons. The van der Waals surface area contributed by atoms with Gasteiger partial charge in [-0.1, -0.05) is 30.3 Å². The molecule has 0 spiro atoms. The summed E-state index contributed by atoms with van der Waals surface area (Å²) < 4.78 is 0.613. The van der Waals surface area contributed by atoms with Gasteiger partial charge in [0.2, 0.25) is 0 Å². The molecule has 5 heteroatoms. The van der Waals surface area contributed by atoms with Crippen molar-refractivity contribution in [3.8, 4) is 0 Å². The summed E-state index contributed by atoms with van der Waals surface area (Å²) in [5.41, 5.74) is 0.625. The Morgan fingerprint density at radius 2 is 1.32 bits per heavy atom. The molecule has 0 aliphatic carbocycles. The summed E-state index contributed by atoms with van der Waals surface area (Å²) in [6.07, 6.45) is 0. The maximum absolute atomic E-state index is 10.4. The topological polar surface area (TPSA) is 74.6 Å². The van der Waals surface area contributed by atoms with Crippen LogP contribution in [0.5, 0.6) is 0 Å². The lowest BCUT2D eigenvalue weighted by molar-refractivity contribution is 0.0685. The second kappa shape index (κ2) is 7.33. The van der Waals surface area contributed by atoms with Gasteiger partial charge in [-0.15, -0.1) is 0 Å². The molecule has 0 bridgehead atoms. The van der Waals surface area contributed by atoms with Crippen LogP contribution >= 0.6 is 15.9 Å². The minimum absolute atomic E-state index is 0.294. The van der Waals surface area contributed by atoms with Gasteiger partial charge >= 0.3 is 11.9 Å². The van der Waals surface area contributed by atoms with Gasteiger partial charge in [0, 0.05) is 4.47 Å². The Labute approximate surface area is 118 Å². The smallest absolute Gasteiger partial charge is 0.336 e. The summed E-state index contributed by atoms with van der Waals surface area (Å²) in [6.45, 7) is 0. The van der Waals surface area contributed by atoms with Crippen LogP contribution in [0, 0.1) is 0 Å². The first kappa shape index (κ1) is 14.9. The molecule has 0 aliphatic heterocycles. The average Bonchev–Trinajstić information content (AvgIpc) is 2.40. The van der Waals surface area contributed by atoms with E-state index in [0.29, 0.717) is 15.6 Å². The molecule has 0 unspecified atom stereocenters. The summed E-state index contributed by atoms with van der Waals surface area (Å²) in [6, 6.07) is 15.0. The van der Waals surface area contributed by atoms with Crippen molar-refractivity contribution >= 4 is 27.9 Å². The van der Waals surface area contributed by atoms with E-state index in [1.807, 2.05) is 0 Å². The quantitative estimate of drug-likeness (QED) is 0.886. The van der Waals surface area contributed by atoms with E-state index in [0.717, 1.165) is 0 Å². The molecule has 2 aromatic rings. The second-order valence-electron chi connectivity index (χ2n) is 3.46. The first-order valence-electron chi connectivity index (χ1n) is 5.28. The highest BCUT2D eigenvalue weighted by Crippen LogP contribution is 2.14. The molecular weight excluding hydrogens is 312 g/mol. The van der Waals surface area contributed by atoms with Crippen LogP contribution in [-0.4, -0.2) is 22.2 Å². The predicted octanol–water partition coefficient (Wildman–Crippen LogP) is 3.53. The average molecular weight is 323 g/mol. The zero-order valence-corrected chi connectivity index (χ0v) is 11.4. The number of halogens is 1.